The molecule has 1 aliphatic heterocycles. The van der Waals surface area contributed by atoms with E-state index in [9.17, 15) is 0 Å². The highest BCUT2D eigenvalue weighted by Crippen LogP contribution is 2.58. The zero-order valence-corrected chi connectivity index (χ0v) is 15.6. The molecule has 0 amide bonds. The summed E-state index contributed by atoms with van der Waals surface area (Å²) in [6, 6.07) is 15.6. The van der Waals surface area contributed by atoms with Gasteiger partial charge in [-0.05, 0) is 68.3 Å². The second-order valence-corrected chi connectivity index (χ2v) is 8.84. The van der Waals surface area contributed by atoms with E-state index in [1.165, 1.54) is 47.0 Å². The highest BCUT2D eigenvalue weighted by Gasteiger charge is 2.54. The second kappa shape index (κ2) is 4.78. The fraction of sp³-hybridized carbons (Fsp3) is 0.455. The summed E-state index contributed by atoms with van der Waals surface area (Å²) in [6.07, 6.45) is 3.82. The second-order valence-electron chi connectivity index (χ2n) is 8.84. The Morgan fingerprint density at radius 3 is 2.08 bits per heavy atom. The Balaban J connectivity index is 1.70. The monoisotopic (exact) mass is 332 g/mol. The van der Waals surface area contributed by atoms with Crippen LogP contribution in [0.2, 0.25) is 0 Å². The van der Waals surface area contributed by atoms with E-state index in [0.29, 0.717) is 0 Å². The van der Waals surface area contributed by atoms with Crippen LogP contribution in [0.1, 0.15) is 58.1 Å². The summed E-state index contributed by atoms with van der Waals surface area (Å²) in [5, 5.41) is 0. The van der Waals surface area contributed by atoms with E-state index < -0.39 is 0 Å². The van der Waals surface area contributed by atoms with Crippen molar-refractivity contribution in [2.75, 3.05) is 0 Å². The van der Waals surface area contributed by atoms with Crippen molar-refractivity contribution < 1.29 is 9.31 Å². The Morgan fingerprint density at radius 2 is 1.44 bits per heavy atom. The van der Waals surface area contributed by atoms with Crippen LogP contribution in [0.3, 0.4) is 0 Å². The molecule has 5 rings (SSSR count). The van der Waals surface area contributed by atoms with E-state index in [1.807, 2.05) is 0 Å². The lowest BCUT2D eigenvalue weighted by Gasteiger charge is -2.40. The highest BCUT2D eigenvalue weighted by molar-refractivity contribution is 6.64. The molecule has 3 heteroatoms. The fourth-order valence-corrected chi connectivity index (χ4v) is 4.77. The van der Waals surface area contributed by atoms with E-state index in [0.717, 1.165) is 0 Å². The Morgan fingerprint density at radius 1 is 0.800 bits per heavy atom. The molecule has 2 aromatic rings. The van der Waals surface area contributed by atoms with Gasteiger partial charge in [-0.2, -0.15) is 0 Å². The van der Waals surface area contributed by atoms with Gasteiger partial charge in [-0.25, -0.2) is 0 Å². The molecule has 0 unspecified atom stereocenters. The summed E-state index contributed by atoms with van der Waals surface area (Å²) in [5.74, 6) is 0. The Labute approximate surface area is 150 Å². The number of rotatable bonds is 1. The molecule has 3 aliphatic rings. The van der Waals surface area contributed by atoms with Crippen LogP contribution in [-0.4, -0.2) is 18.3 Å². The molecular formula is C22H25BO2. The van der Waals surface area contributed by atoms with Crippen molar-refractivity contribution in [3.8, 4) is 11.1 Å². The van der Waals surface area contributed by atoms with E-state index in [4.69, 9.17) is 9.31 Å². The Kier molecular flexibility index (Phi) is 2.99. The van der Waals surface area contributed by atoms with Gasteiger partial charge in [0.25, 0.3) is 0 Å². The number of fused-ring (bicyclic) bond motifs is 5. The van der Waals surface area contributed by atoms with Crippen LogP contribution in [0.5, 0.6) is 0 Å². The van der Waals surface area contributed by atoms with E-state index >= 15 is 0 Å². The van der Waals surface area contributed by atoms with Crippen LogP contribution in [0.15, 0.2) is 42.5 Å². The molecule has 1 saturated heterocycles. The maximum absolute atomic E-state index is 6.39. The molecule has 0 aromatic heterocycles. The minimum atomic E-state index is -0.313. The normalized spacial score (nSPS) is 24.1. The van der Waals surface area contributed by atoms with Gasteiger partial charge in [0.1, 0.15) is 0 Å². The highest BCUT2D eigenvalue weighted by atomic mass is 16.7. The van der Waals surface area contributed by atoms with Crippen LogP contribution >= 0.6 is 0 Å². The van der Waals surface area contributed by atoms with E-state index in [1.54, 1.807) is 0 Å². The summed E-state index contributed by atoms with van der Waals surface area (Å²) in [7, 11) is -0.303. The third kappa shape index (κ3) is 1.89. The lowest BCUT2D eigenvalue weighted by atomic mass is 9.62. The molecule has 2 aromatic carbocycles. The topological polar surface area (TPSA) is 18.5 Å². The lowest BCUT2D eigenvalue weighted by molar-refractivity contribution is 0.00578. The molecule has 25 heavy (non-hydrogen) atoms. The van der Waals surface area contributed by atoms with Crippen molar-refractivity contribution in [2.24, 2.45) is 0 Å². The lowest BCUT2D eigenvalue weighted by Crippen LogP contribution is -2.41. The quantitative estimate of drug-likeness (QED) is 0.719. The number of hydrogen-bond donors (Lipinski definition) is 0. The maximum Gasteiger partial charge on any atom is 0.495 e. The molecule has 0 atom stereocenters. The van der Waals surface area contributed by atoms with Gasteiger partial charge in [0.15, 0.2) is 0 Å². The van der Waals surface area contributed by atoms with E-state index in [-0.39, 0.29) is 23.7 Å². The van der Waals surface area contributed by atoms with Crippen molar-refractivity contribution in [2.45, 2.75) is 63.6 Å². The molecule has 0 N–H and O–H groups in total. The molecule has 0 bridgehead atoms. The summed E-state index contributed by atoms with van der Waals surface area (Å²) in [4.78, 5) is 0. The zero-order chi connectivity index (χ0) is 17.4. The third-order valence-electron chi connectivity index (χ3n) is 7.04. The minimum absolute atomic E-state index is 0.228. The van der Waals surface area contributed by atoms with Crippen molar-refractivity contribution in [1.29, 1.82) is 0 Å². The first-order chi connectivity index (χ1) is 11.9. The molecular weight excluding hydrogens is 307 g/mol. The average Bonchev–Trinajstić information content (AvgIpc) is 2.95. The van der Waals surface area contributed by atoms with Gasteiger partial charge in [0.05, 0.1) is 11.2 Å². The SMILES string of the molecule is CC1(C)OB(c2cccc3c2-c2ccccc2C32CCC2)OC1(C)C. The van der Waals surface area contributed by atoms with Crippen molar-refractivity contribution in [3.05, 3.63) is 53.6 Å². The van der Waals surface area contributed by atoms with Crippen LogP contribution in [0.4, 0.5) is 0 Å². The Bertz CT molecular complexity index is 848. The van der Waals surface area contributed by atoms with Crippen molar-refractivity contribution in [1.82, 2.24) is 0 Å². The summed E-state index contributed by atoms with van der Waals surface area (Å²) >= 11 is 0. The van der Waals surface area contributed by atoms with Crippen LogP contribution in [-0.2, 0) is 14.7 Å². The standard InChI is InChI=1S/C22H25BO2/c1-20(2)21(3,4)25-23(24-20)18-12-7-11-17-19(18)15-9-5-6-10-16(15)22(17)13-8-14-22/h5-7,9-12H,8,13-14H2,1-4H3. The van der Waals surface area contributed by atoms with Gasteiger partial charge < -0.3 is 9.31 Å². The number of benzene rings is 2. The first-order valence-electron chi connectivity index (χ1n) is 9.45. The largest absolute Gasteiger partial charge is 0.495 e. The van der Waals surface area contributed by atoms with Gasteiger partial charge in [-0.3, -0.25) is 0 Å². The van der Waals surface area contributed by atoms with Gasteiger partial charge >= 0.3 is 7.12 Å². The molecule has 1 spiro atoms. The van der Waals surface area contributed by atoms with Gasteiger partial charge in [0, 0.05) is 5.41 Å². The summed E-state index contributed by atoms with van der Waals surface area (Å²) in [6.45, 7) is 8.49. The summed E-state index contributed by atoms with van der Waals surface area (Å²) in [5.41, 5.74) is 6.50. The first kappa shape index (κ1) is 15.7. The molecule has 2 aliphatic carbocycles. The van der Waals surface area contributed by atoms with Crippen molar-refractivity contribution >= 4 is 12.6 Å². The van der Waals surface area contributed by atoms with Gasteiger partial charge in [0.2, 0.25) is 0 Å². The summed E-state index contributed by atoms with van der Waals surface area (Å²) < 4.78 is 12.8. The van der Waals surface area contributed by atoms with Gasteiger partial charge in [-0.1, -0.05) is 48.9 Å². The maximum atomic E-state index is 6.39. The number of hydrogen-bond acceptors (Lipinski definition) is 2. The first-order valence-corrected chi connectivity index (χ1v) is 9.45. The molecule has 2 nitrogen and oxygen atoms in total. The molecule has 128 valence electrons. The van der Waals surface area contributed by atoms with Crippen LogP contribution in [0, 0.1) is 0 Å². The molecule has 1 heterocycles. The molecule has 1 saturated carbocycles. The predicted octanol–water partition coefficient (Wildman–Crippen LogP) is 4.44. The minimum Gasteiger partial charge on any atom is -0.399 e. The van der Waals surface area contributed by atoms with Crippen molar-refractivity contribution in [3.63, 3.8) is 0 Å². The molecule has 0 radical (unpaired) electrons. The average molecular weight is 332 g/mol. The van der Waals surface area contributed by atoms with E-state index in [2.05, 4.69) is 70.2 Å². The predicted molar refractivity (Wildman–Crippen MR) is 102 cm³/mol. The molecule has 2 fully saturated rings. The smallest absolute Gasteiger partial charge is 0.399 e. The van der Waals surface area contributed by atoms with Crippen LogP contribution < -0.4 is 5.46 Å². The van der Waals surface area contributed by atoms with Gasteiger partial charge in [-0.15, -0.1) is 0 Å². The fourth-order valence-electron chi connectivity index (χ4n) is 4.77. The zero-order valence-electron chi connectivity index (χ0n) is 15.6. The van der Waals surface area contributed by atoms with Crippen LogP contribution in [0.25, 0.3) is 11.1 Å². The Hall–Kier alpha value is -1.58. The third-order valence-corrected chi connectivity index (χ3v) is 7.04.